The Hall–Kier alpha value is -3.28. The number of benzene rings is 2. The Bertz CT molecular complexity index is 1240. The second-order valence-electron chi connectivity index (χ2n) is 9.15. The fraction of sp³-hybridized carbons (Fsp3) is 0.417. The number of nitrogens with one attached hydrogen (secondary N) is 1. The highest BCUT2D eigenvalue weighted by Crippen LogP contribution is 2.34. The van der Waals surface area contributed by atoms with Crippen molar-refractivity contribution in [1.29, 1.82) is 0 Å². The molecule has 0 bridgehead atoms. The fourth-order valence-electron chi connectivity index (χ4n) is 3.71. The number of halogens is 3. The van der Waals surface area contributed by atoms with Crippen LogP contribution in [0, 0.1) is 0 Å². The summed E-state index contributed by atoms with van der Waals surface area (Å²) in [6, 6.07) is 7.79. The number of fused-ring (bicyclic) bond motifs is 1. The molecule has 1 N–H and O–H groups in total. The van der Waals surface area contributed by atoms with Crippen molar-refractivity contribution in [3.8, 4) is 5.75 Å². The van der Waals surface area contributed by atoms with Crippen molar-refractivity contribution in [2.24, 2.45) is 0 Å². The smallest absolute Gasteiger partial charge is 0.444 e. The SMILES string of the molecule is CCS(=O)(=O)c1ccc2c(c1)CCN(C(=O)OC(C)(C)C)C2C(=O)Nc1ccc(OC(F)(F)F)cc1. The Balaban J connectivity index is 1.94. The van der Waals surface area contributed by atoms with Crippen LogP contribution in [0.5, 0.6) is 5.75 Å². The first-order valence-electron chi connectivity index (χ1n) is 11.1. The first-order chi connectivity index (χ1) is 16.6. The Morgan fingerprint density at radius 3 is 2.28 bits per heavy atom. The lowest BCUT2D eigenvalue weighted by Crippen LogP contribution is -2.47. The monoisotopic (exact) mass is 528 g/mol. The number of ether oxygens (including phenoxy) is 2. The molecule has 0 aliphatic carbocycles. The van der Waals surface area contributed by atoms with E-state index >= 15 is 0 Å². The van der Waals surface area contributed by atoms with E-state index in [9.17, 15) is 31.2 Å². The molecule has 3 rings (SSSR count). The molecular formula is C24H27F3N2O6S. The highest BCUT2D eigenvalue weighted by Gasteiger charge is 2.39. The van der Waals surface area contributed by atoms with E-state index in [1.54, 1.807) is 20.8 Å². The predicted octanol–water partition coefficient (Wildman–Crippen LogP) is 4.85. The lowest BCUT2D eigenvalue weighted by molar-refractivity contribution is -0.274. The first-order valence-corrected chi connectivity index (χ1v) is 12.8. The first kappa shape index (κ1) is 27.3. The minimum absolute atomic E-state index is 0.0895. The number of anilines is 1. The number of nitrogens with zero attached hydrogens (tertiary/aromatic N) is 1. The highest BCUT2D eigenvalue weighted by atomic mass is 32.2. The molecule has 1 atom stereocenters. The van der Waals surface area contributed by atoms with Gasteiger partial charge in [0.25, 0.3) is 5.91 Å². The van der Waals surface area contributed by atoms with Gasteiger partial charge in [0.05, 0.1) is 10.6 Å². The number of amides is 2. The predicted molar refractivity (Wildman–Crippen MR) is 125 cm³/mol. The van der Waals surface area contributed by atoms with E-state index in [-0.39, 0.29) is 22.9 Å². The zero-order valence-electron chi connectivity index (χ0n) is 20.2. The van der Waals surface area contributed by atoms with Crippen LogP contribution in [0.2, 0.25) is 0 Å². The van der Waals surface area contributed by atoms with Gasteiger partial charge in [0.2, 0.25) is 0 Å². The zero-order chi connectivity index (χ0) is 26.9. The van der Waals surface area contributed by atoms with Gasteiger partial charge in [-0.25, -0.2) is 13.2 Å². The summed E-state index contributed by atoms with van der Waals surface area (Å²) >= 11 is 0. The van der Waals surface area contributed by atoms with Gasteiger partial charge in [-0.1, -0.05) is 13.0 Å². The lowest BCUT2D eigenvalue weighted by Gasteiger charge is -2.37. The molecule has 0 radical (unpaired) electrons. The van der Waals surface area contributed by atoms with Gasteiger partial charge in [0.1, 0.15) is 17.4 Å². The third kappa shape index (κ3) is 6.68. The second kappa shape index (κ2) is 10.00. The molecular weight excluding hydrogens is 501 g/mol. The fourth-order valence-corrected chi connectivity index (χ4v) is 4.64. The van der Waals surface area contributed by atoms with Crippen LogP contribution in [-0.4, -0.2) is 49.6 Å². The summed E-state index contributed by atoms with van der Waals surface area (Å²) in [5.41, 5.74) is 0.372. The summed E-state index contributed by atoms with van der Waals surface area (Å²) < 4.78 is 71.2. The van der Waals surface area contributed by atoms with Crippen LogP contribution in [0.4, 0.5) is 23.7 Å². The maximum absolute atomic E-state index is 13.4. The third-order valence-corrected chi connectivity index (χ3v) is 7.05. The summed E-state index contributed by atoms with van der Waals surface area (Å²) in [5, 5.41) is 2.60. The molecule has 12 heteroatoms. The summed E-state index contributed by atoms with van der Waals surface area (Å²) in [4.78, 5) is 27.7. The zero-order valence-corrected chi connectivity index (χ0v) is 21.0. The molecule has 0 saturated heterocycles. The van der Waals surface area contributed by atoms with Crippen molar-refractivity contribution < 1.29 is 40.7 Å². The normalized spacial score (nSPS) is 16.2. The Labute approximate surface area is 207 Å². The van der Waals surface area contributed by atoms with Gasteiger partial charge in [-0.3, -0.25) is 9.69 Å². The van der Waals surface area contributed by atoms with Gasteiger partial charge in [-0.15, -0.1) is 13.2 Å². The average molecular weight is 529 g/mol. The minimum Gasteiger partial charge on any atom is -0.444 e. The van der Waals surface area contributed by atoms with E-state index in [2.05, 4.69) is 10.1 Å². The van der Waals surface area contributed by atoms with Crippen molar-refractivity contribution in [3.05, 3.63) is 53.6 Å². The molecule has 1 unspecified atom stereocenters. The molecule has 0 aromatic heterocycles. The molecule has 196 valence electrons. The molecule has 1 aliphatic heterocycles. The maximum atomic E-state index is 13.4. The third-order valence-electron chi connectivity index (χ3n) is 5.31. The molecule has 1 heterocycles. The standard InChI is InChI=1S/C24H27F3N2O6S/c1-5-36(32,33)18-10-11-19-15(14-18)12-13-29(22(31)35-23(2,3)4)20(19)21(30)28-16-6-8-17(9-7-16)34-24(25,26)27/h6-11,14,20H,5,12-13H2,1-4H3,(H,28,30). The largest absolute Gasteiger partial charge is 0.573 e. The summed E-state index contributed by atoms with van der Waals surface area (Å²) in [6.45, 7) is 6.67. The topological polar surface area (TPSA) is 102 Å². The Kier molecular flexibility index (Phi) is 7.58. The van der Waals surface area contributed by atoms with Crippen LogP contribution in [0.3, 0.4) is 0 Å². The number of hydrogen-bond donors (Lipinski definition) is 1. The number of carbonyl (C=O) groups excluding carboxylic acids is 2. The minimum atomic E-state index is -4.85. The van der Waals surface area contributed by atoms with E-state index in [1.165, 1.54) is 42.2 Å². The molecule has 36 heavy (non-hydrogen) atoms. The quantitative estimate of drug-likeness (QED) is 0.595. The van der Waals surface area contributed by atoms with Gasteiger partial charge in [-0.2, -0.15) is 0 Å². The van der Waals surface area contributed by atoms with Crippen molar-refractivity contribution in [2.75, 3.05) is 17.6 Å². The van der Waals surface area contributed by atoms with Crippen LogP contribution in [0.15, 0.2) is 47.4 Å². The maximum Gasteiger partial charge on any atom is 0.573 e. The summed E-state index contributed by atoms with van der Waals surface area (Å²) in [6.07, 6.45) is -5.28. The van der Waals surface area contributed by atoms with Crippen molar-refractivity contribution >= 4 is 27.5 Å². The van der Waals surface area contributed by atoms with Crippen LogP contribution >= 0.6 is 0 Å². The van der Waals surface area contributed by atoms with Crippen LogP contribution in [0.25, 0.3) is 0 Å². The molecule has 2 amide bonds. The van der Waals surface area contributed by atoms with E-state index in [1.807, 2.05) is 0 Å². The average Bonchev–Trinajstić information content (AvgIpc) is 2.77. The van der Waals surface area contributed by atoms with Crippen molar-refractivity contribution in [1.82, 2.24) is 4.90 Å². The molecule has 8 nitrogen and oxygen atoms in total. The number of alkyl halides is 3. The number of rotatable bonds is 5. The Morgan fingerprint density at radius 2 is 1.72 bits per heavy atom. The van der Waals surface area contributed by atoms with Gasteiger partial charge in [-0.05, 0) is 74.7 Å². The van der Waals surface area contributed by atoms with Crippen LogP contribution in [-0.2, 0) is 25.8 Å². The van der Waals surface area contributed by atoms with E-state index in [0.29, 0.717) is 17.5 Å². The summed E-state index contributed by atoms with van der Waals surface area (Å²) in [7, 11) is -3.49. The van der Waals surface area contributed by atoms with Crippen LogP contribution in [0.1, 0.15) is 44.9 Å². The number of hydrogen-bond acceptors (Lipinski definition) is 6. The molecule has 2 aromatic rings. The van der Waals surface area contributed by atoms with Gasteiger partial charge < -0.3 is 14.8 Å². The van der Waals surface area contributed by atoms with Gasteiger partial charge >= 0.3 is 12.5 Å². The van der Waals surface area contributed by atoms with E-state index in [0.717, 1.165) is 12.1 Å². The molecule has 0 saturated carbocycles. The van der Waals surface area contributed by atoms with Crippen molar-refractivity contribution in [2.45, 2.75) is 57.0 Å². The van der Waals surface area contributed by atoms with Crippen LogP contribution < -0.4 is 10.1 Å². The van der Waals surface area contributed by atoms with E-state index in [4.69, 9.17) is 4.74 Å². The Morgan fingerprint density at radius 1 is 1.08 bits per heavy atom. The molecule has 2 aromatic carbocycles. The lowest BCUT2D eigenvalue weighted by atomic mass is 9.92. The number of carbonyl (C=O) groups is 2. The molecule has 0 spiro atoms. The molecule has 0 fully saturated rings. The highest BCUT2D eigenvalue weighted by molar-refractivity contribution is 7.91. The molecule has 1 aliphatic rings. The summed E-state index contributed by atoms with van der Waals surface area (Å²) in [5.74, 6) is -1.19. The van der Waals surface area contributed by atoms with Gasteiger partial charge in [0, 0.05) is 12.2 Å². The second-order valence-corrected chi connectivity index (χ2v) is 11.4. The van der Waals surface area contributed by atoms with E-state index < -0.39 is 45.6 Å². The number of sulfone groups is 1. The van der Waals surface area contributed by atoms with Gasteiger partial charge in [0.15, 0.2) is 9.84 Å². The van der Waals surface area contributed by atoms with Crippen molar-refractivity contribution in [3.63, 3.8) is 0 Å².